The summed E-state index contributed by atoms with van der Waals surface area (Å²) in [4.78, 5) is 6.02. The summed E-state index contributed by atoms with van der Waals surface area (Å²) in [6, 6.07) is 11.2. The van der Waals surface area contributed by atoms with E-state index in [1.807, 2.05) is 17.0 Å². The average molecular weight is 377 g/mol. The molecule has 0 bridgehead atoms. The normalized spacial score (nSPS) is 18.0. The minimum Gasteiger partial charge on any atom is -0.355 e. The van der Waals surface area contributed by atoms with Crippen LogP contribution in [0.5, 0.6) is 0 Å². The second-order valence-corrected chi connectivity index (χ2v) is 7.38. The third-order valence-corrected chi connectivity index (χ3v) is 5.74. The highest BCUT2D eigenvalue weighted by molar-refractivity contribution is 7.17. The van der Waals surface area contributed by atoms with Crippen LogP contribution in [0.3, 0.4) is 0 Å². The lowest BCUT2D eigenvalue weighted by atomic mass is 10.1. The van der Waals surface area contributed by atoms with E-state index in [1.54, 1.807) is 11.3 Å². The van der Waals surface area contributed by atoms with Crippen LogP contribution >= 0.6 is 11.3 Å². The molecule has 7 heteroatoms. The monoisotopic (exact) mass is 377 g/mol. The molecule has 3 heterocycles. The van der Waals surface area contributed by atoms with E-state index in [9.17, 15) is 13.2 Å². The molecule has 1 atom stereocenters. The van der Waals surface area contributed by atoms with Gasteiger partial charge in [0, 0.05) is 36.6 Å². The van der Waals surface area contributed by atoms with Crippen LogP contribution in [0.1, 0.15) is 17.5 Å². The lowest BCUT2D eigenvalue weighted by Crippen LogP contribution is -2.32. The van der Waals surface area contributed by atoms with E-state index in [0.717, 1.165) is 38.3 Å². The van der Waals surface area contributed by atoms with Gasteiger partial charge in [-0.1, -0.05) is 18.2 Å². The fourth-order valence-corrected chi connectivity index (χ4v) is 4.26. The summed E-state index contributed by atoms with van der Waals surface area (Å²) >= 11 is 1.74. The molecule has 0 radical (unpaired) electrons. The van der Waals surface area contributed by atoms with Crippen LogP contribution in [-0.2, 0) is 12.7 Å². The Morgan fingerprint density at radius 3 is 2.81 bits per heavy atom. The Hall–Kier alpha value is -2.12. The molecular formula is C19H18F3N3S. The average Bonchev–Trinajstić information content (AvgIpc) is 3.26. The highest BCUT2D eigenvalue weighted by Gasteiger charge is 2.31. The molecule has 0 saturated carbocycles. The van der Waals surface area contributed by atoms with Crippen LogP contribution in [0, 0.1) is 0 Å². The molecule has 2 aromatic heterocycles. The van der Waals surface area contributed by atoms with E-state index in [-0.39, 0.29) is 0 Å². The smallest absolute Gasteiger partial charge is 0.355 e. The molecular weight excluding hydrogens is 359 g/mol. The topological polar surface area (TPSA) is 28.2 Å². The van der Waals surface area contributed by atoms with E-state index in [0.29, 0.717) is 11.9 Å². The van der Waals surface area contributed by atoms with Crippen molar-refractivity contribution in [2.45, 2.75) is 25.2 Å². The Morgan fingerprint density at radius 2 is 2.04 bits per heavy atom. The Bertz CT molecular complexity index is 889. The van der Waals surface area contributed by atoms with Crippen molar-refractivity contribution in [2.75, 3.05) is 18.0 Å². The van der Waals surface area contributed by atoms with E-state index >= 15 is 0 Å². The minimum absolute atomic E-state index is 0.303. The molecule has 1 fully saturated rings. The second kappa shape index (κ2) is 6.89. The van der Waals surface area contributed by atoms with E-state index < -0.39 is 11.7 Å². The van der Waals surface area contributed by atoms with Crippen LogP contribution in [-0.4, -0.2) is 24.1 Å². The zero-order valence-electron chi connectivity index (χ0n) is 14.0. The maximum absolute atomic E-state index is 12.6. The highest BCUT2D eigenvalue weighted by Crippen LogP contribution is 2.30. The number of alkyl halides is 3. The molecule has 0 amide bonds. The van der Waals surface area contributed by atoms with Gasteiger partial charge < -0.3 is 10.2 Å². The summed E-state index contributed by atoms with van der Waals surface area (Å²) < 4.78 is 39.2. The van der Waals surface area contributed by atoms with Gasteiger partial charge in [0.15, 0.2) is 0 Å². The molecule has 136 valence electrons. The lowest BCUT2D eigenvalue weighted by Gasteiger charge is -2.18. The van der Waals surface area contributed by atoms with Crippen molar-refractivity contribution in [3.05, 3.63) is 59.1 Å². The Morgan fingerprint density at radius 1 is 1.19 bits per heavy atom. The molecule has 1 aromatic carbocycles. The van der Waals surface area contributed by atoms with Gasteiger partial charge in [-0.3, -0.25) is 0 Å². The number of aromatic nitrogens is 1. The lowest BCUT2D eigenvalue weighted by molar-refractivity contribution is -0.137. The maximum Gasteiger partial charge on any atom is 0.417 e. The number of anilines is 1. The summed E-state index contributed by atoms with van der Waals surface area (Å²) in [5.74, 6) is 0.600. The van der Waals surface area contributed by atoms with Crippen molar-refractivity contribution in [1.29, 1.82) is 0 Å². The standard InChI is InChI=1S/C19H18F3N3S/c20-19(21,22)14-5-6-18(24-10-14)25-8-7-15(11-25)23-9-13-12-26-17-4-2-1-3-16(13)17/h1-6,10,12,15,23H,7-9,11H2. The van der Waals surface area contributed by atoms with Gasteiger partial charge >= 0.3 is 6.18 Å². The molecule has 0 spiro atoms. The number of rotatable bonds is 4. The fourth-order valence-electron chi connectivity index (χ4n) is 3.30. The van der Waals surface area contributed by atoms with Gasteiger partial charge in [-0.25, -0.2) is 4.98 Å². The molecule has 26 heavy (non-hydrogen) atoms. The van der Waals surface area contributed by atoms with Crippen LogP contribution in [0.15, 0.2) is 48.0 Å². The minimum atomic E-state index is -4.34. The largest absolute Gasteiger partial charge is 0.417 e. The molecule has 4 rings (SSSR count). The summed E-state index contributed by atoms with van der Waals surface area (Å²) in [5, 5.41) is 7.03. The fraction of sp³-hybridized carbons (Fsp3) is 0.316. The first-order chi connectivity index (χ1) is 12.5. The van der Waals surface area contributed by atoms with Crippen molar-refractivity contribution in [1.82, 2.24) is 10.3 Å². The molecule has 1 aliphatic heterocycles. The van der Waals surface area contributed by atoms with Gasteiger partial charge in [0.05, 0.1) is 5.56 Å². The number of nitrogens with one attached hydrogen (secondary N) is 1. The van der Waals surface area contributed by atoms with Crippen LogP contribution in [0.2, 0.25) is 0 Å². The SMILES string of the molecule is FC(F)(F)c1ccc(N2CCC(NCc3csc4ccccc34)C2)nc1. The summed E-state index contributed by atoms with van der Waals surface area (Å²) in [6.07, 6.45) is -2.48. The van der Waals surface area contributed by atoms with Gasteiger partial charge in [-0.15, -0.1) is 11.3 Å². The van der Waals surface area contributed by atoms with E-state index in [1.165, 1.54) is 21.7 Å². The number of halogens is 3. The van der Waals surface area contributed by atoms with Crippen molar-refractivity contribution >= 4 is 27.2 Å². The Balaban J connectivity index is 1.36. The maximum atomic E-state index is 12.6. The predicted octanol–water partition coefficient (Wildman–Crippen LogP) is 4.68. The summed E-state index contributed by atoms with van der Waals surface area (Å²) in [7, 11) is 0. The first-order valence-corrected chi connectivity index (χ1v) is 9.35. The van der Waals surface area contributed by atoms with Crippen LogP contribution < -0.4 is 10.2 Å². The quantitative estimate of drug-likeness (QED) is 0.715. The number of benzene rings is 1. The van der Waals surface area contributed by atoms with Gasteiger partial charge in [0.25, 0.3) is 0 Å². The molecule has 1 N–H and O–H groups in total. The van der Waals surface area contributed by atoms with Gasteiger partial charge in [0.1, 0.15) is 5.82 Å². The third-order valence-electron chi connectivity index (χ3n) is 4.73. The van der Waals surface area contributed by atoms with E-state index in [2.05, 4.69) is 27.8 Å². The number of nitrogens with zero attached hydrogens (tertiary/aromatic N) is 2. The Kier molecular flexibility index (Phi) is 4.58. The van der Waals surface area contributed by atoms with Crippen molar-refractivity contribution in [3.63, 3.8) is 0 Å². The molecule has 3 nitrogen and oxygen atoms in total. The number of thiophene rings is 1. The van der Waals surface area contributed by atoms with Gasteiger partial charge in [-0.2, -0.15) is 13.2 Å². The molecule has 0 aliphatic carbocycles. The number of hydrogen-bond donors (Lipinski definition) is 1. The summed E-state index contributed by atoms with van der Waals surface area (Å²) in [5.41, 5.74) is 0.580. The van der Waals surface area contributed by atoms with E-state index in [4.69, 9.17) is 0 Å². The van der Waals surface area contributed by atoms with Crippen LogP contribution in [0.25, 0.3) is 10.1 Å². The first kappa shape index (κ1) is 17.3. The zero-order chi connectivity index (χ0) is 18.1. The highest BCUT2D eigenvalue weighted by atomic mass is 32.1. The second-order valence-electron chi connectivity index (χ2n) is 6.47. The number of fused-ring (bicyclic) bond motifs is 1. The van der Waals surface area contributed by atoms with Crippen molar-refractivity contribution < 1.29 is 13.2 Å². The first-order valence-electron chi connectivity index (χ1n) is 8.47. The molecule has 1 unspecified atom stereocenters. The zero-order valence-corrected chi connectivity index (χ0v) is 14.8. The van der Waals surface area contributed by atoms with Gasteiger partial charge in [-0.05, 0) is 40.9 Å². The predicted molar refractivity (Wildman–Crippen MR) is 98.5 cm³/mol. The number of hydrogen-bond acceptors (Lipinski definition) is 4. The molecule has 1 saturated heterocycles. The van der Waals surface area contributed by atoms with Crippen molar-refractivity contribution in [3.8, 4) is 0 Å². The summed E-state index contributed by atoms with van der Waals surface area (Å²) in [6.45, 7) is 2.34. The van der Waals surface area contributed by atoms with Crippen molar-refractivity contribution in [2.24, 2.45) is 0 Å². The molecule has 3 aromatic rings. The Labute approximate surface area is 153 Å². The molecule has 1 aliphatic rings. The van der Waals surface area contributed by atoms with Gasteiger partial charge in [0.2, 0.25) is 0 Å². The third kappa shape index (κ3) is 3.54. The number of pyridine rings is 1. The van der Waals surface area contributed by atoms with Crippen LogP contribution in [0.4, 0.5) is 19.0 Å².